The minimum Gasteiger partial charge on any atom is -0.508 e. The first-order valence-electron chi connectivity index (χ1n) is 9.75. The van der Waals surface area contributed by atoms with Gasteiger partial charge in [-0.2, -0.15) is 0 Å². The number of aliphatic carboxylic acids is 1. The molecule has 1 fully saturated rings. The molecule has 2 aromatic rings. The predicted octanol–water partition coefficient (Wildman–Crippen LogP) is -0.219. The quantitative estimate of drug-likeness (QED) is 0.294. The highest BCUT2D eigenvalue weighted by molar-refractivity contribution is 6.03. The van der Waals surface area contributed by atoms with Crippen LogP contribution in [0.25, 0.3) is 0 Å². The molecule has 0 bridgehead atoms. The summed E-state index contributed by atoms with van der Waals surface area (Å²) in [7, 11) is 0. The van der Waals surface area contributed by atoms with E-state index in [0.29, 0.717) is 5.56 Å². The summed E-state index contributed by atoms with van der Waals surface area (Å²) in [5, 5.41) is 69.1. The fraction of sp³-hybridized carbons (Fsp3) is 0.333. The molecular formula is C21H20O12. The average Bonchev–Trinajstić information content (AvgIpc) is 2.77. The Morgan fingerprint density at radius 2 is 1.64 bits per heavy atom. The van der Waals surface area contributed by atoms with Crippen molar-refractivity contribution in [3.63, 3.8) is 0 Å². The lowest BCUT2D eigenvalue weighted by molar-refractivity contribution is -0.271. The van der Waals surface area contributed by atoms with Gasteiger partial charge in [-0.1, -0.05) is 12.1 Å². The number of ketones is 1. The fourth-order valence-electron chi connectivity index (χ4n) is 3.68. The van der Waals surface area contributed by atoms with Gasteiger partial charge < -0.3 is 50.0 Å². The van der Waals surface area contributed by atoms with Crippen LogP contribution in [0, 0.1) is 0 Å². The number of carboxylic acid groups (broad SMARTS) is 1. The van der Waals surface area contributed by atoms with E-state index in [1.807, 2.05) is 0 Å². The van der Waals surface area contributed by atoms with Gasteiger partial charge in [-0.05, 0) is 17.7 Å². The van der Waals surface area contributed by atoms with Gasteiger partial charge in [0.1, 0.15) is 41.5 Å². The minimum absolute atomic E-state index is 0.0116. The number of aromatic hydroxyl groups is 3. The highest BCUT2D eigenvalue weighted by atomic mass is 16.7. The Hall–Kier alpha value is -3.58. The molecule has 0 spiro atoms. The van der Waals surface area contributed by atoms with Gasteiger partial charge in [-0.3, -0.25) is 4.79 Å². The normalized spacial score (nSPS) is 29.1. The van der Waals surface area contributed by atoms with Crippen molar-refractivity contribution in [2.75, 3.05) is 0 Å². The summed E-state index contributed by atoms with van der Waals surface area (Å²) in [5.41, 5.74) is 0.244. The third-order valence-corrected chi connectivity index (χ3v) is 5.44. The van der Waals surface area contributed by atoms with E-state index in [4.69, 9.17) is 19.3 Å². The lowest BCUT2D eigenvalue weighted by Gasteiger charge is -2.38. The standard InChI is InChI=1S/C21H20O12/c22-8-3-1-7(2-4-8)10-5-9(23)13-11(31-10)6-12(14(24)15(13)25)32-21-18(28)16(26)17(27)19(33-21)20(29)30/h1-4,6,10,16-19,21-22,24-28H,5H2,(H,29,30). The molecular weight excluding hydrogens is 444 g/mol. The van der Waals surface area contributed by atoms with Crippen molar-refractivity contribution in [3.8, 4) is 28.7 Å². The summed E-state index contributed by atoms with van der Waals surface area (Å²) in [6, 6.07) is 6.93. The second-order valence-corrected chi connectivity index (χ2v) is 7.62. The molecule has 2 aromatic carbocycles. The summed E-state index contributed by atoms with van der Waals surface area (Å²) in [6.07, 6.45) is -10.6. The molecule has 1 saturated heterocycles. The Labute approximate surface area is 185 Å². The molecule has 176 valence electrons. The van der Waals surface area contributed by atoms with Gasteiger partial charge >= 0.3 is 5.97 Å². The number of benzene rings is 2. The molecule has 7 N–H and O–H groups in total. The van der Waals surface area contributed by atoms with Crippen LogP contribution in [0.1, 0.15) is 28.4 Å². The molecule has 12 nitrogen and oxygen atoms in total. The smallest absolute Gasteiger partial charge is 0.335 e. The van der Waals surface area contributed by atoms with Gasteiger partial charge in [0, 0.05) is 6.07 Å². The van der Waals surface area contributed by atoms with Gasteiger partial charge in [0.15, 0.2) is 23.4 Å². The Balaban J connectivity index is 1.65. The van der Waals surface area contributed by atoms with Crippen molar-refractivity contribution in [2.24, 2.45) is 0 Å². The number of carboxylic acids is 1. The van der Waals surface area contributed by atoms with Crippen LogP contribution < -0.4 is 9.47 Å². The summed E-state index contributed by atoms with van der Waals surface area (Å²) in [6.45, 7) is 0. The highest BCUT2D eigenvalue weighted by Crippen LogP contribution is 2.48. The van der Waals surface area contributed by atoms with E-state index in [1.165, 1.54) is 12.1 Å². The van der Waals surface area contributed by atoms with Gasteiger partial charge in [-0.15, -0.1) is 0 Å². The van der Waals surface area contributed by atoms with Crippen LogP contribution in [0.2, 0.25) is 0 Å². The third-order valence-electron chi connectivity index (χ3n) is 5.44. The van der Waals surface area contributed by atoms with E-state index in [9.17, 15) is 40.2 Å². The number of carbonyl (C=O) groups is 2. The zero-order chi connectivity index (χ0) is 24.0. The first-order chi connectivity index (χ1) is 15.6. The van der Waals surface area contributed by atoms with Gasteiger partial charge in [0.25, 0.3) is 0 Å². The number of Topliss-reactive ketones (excluding diaryl/α,β-unsaturated/α-hetero) is 1. The Morgan fingerprint density at radius 1 is 0.970 bits per heavy atom. The summed E-state index contributed by atoms with van der Waals surface area (Å²) >= 11 is 0. The van der Waals surface area contributed by atoms with Crippen LogP contribution in [0.3, 0.4) is 0 Å². The molecule has 0 aliphatic carbocycles. The molecule has 2 heterocycles. The Kier molecular flexibility index (Phi) is 5.76. The van der Waals surface area contributed by atoms with E-state index in [-0.39, 0.29) is 23.5 Å². The number of rotatable bonds is 4. The molecule has 0 saturated carbocycles. The number of ether oxygens (including phenoxy) is 3. The van der Waals surface area contributed by atoms with Crippen LogP contribution in [-0.4, -0.2) is 78.2 Å². The maximum Gasteiger partial charge on any atom is 0.335 e. The molecule has 33 heavy (non-hydrogen) atoms. The van der Waals surface area contributed by atoms with Crippen molar-refractivity contribution in [2.45, 2.75) is 43.2 Å². The number of carbonyl (C=O) groups excluding carboxylic acids is 1. The number of hydrogen-bond acceptors (Lipinski definition) is 11. The first-order valence-corrected chi connectivity index (χ1v) is 9.75. The lowest BCUT2D eigenvalue weighted by Crippen LogP contribution is -2.61. The second kappa shape index (κ2) is 8.41. The molecule has 12 heteroatoms. The van der Waals surface area contributed by atoms with Crippen LogP contribution in [0.15, 0.2) is 30.3 Å². The highest BCUT2D eigenvalue weighted by Gasteiger charge is 2.48. The molecule has 0 amide bonds. The lowest BCUT2D eigenvalue weighted by atomic mass is 9.95. The maximum absolute atomic E-state index is 12.6. The van der Waals surface area contributed by atoms with Gasteiger partial charge in [0.2, 0.25) is 12.0 Å². The van der Waals surface area contributed by atoms with Crippen LogP contribution in [-0.2, 0) is 9.53 Å². The topological polar surface area (TPSA) is 203 Å². The number of aliphatic hydroxyl groups is 3. The van der Waals surface area contributed by atoms with Crippen molar-refractivity contribution < 1.29 is 59.5 Å². The van der Waals surface area contributed by atoms with E-state index in [1.54, 1.807) is 12.1 Å². The van der Waals surface area contributed by atoms with E-state index >= 15 is 0 Å². The fourth-order valence-corrected chi connectivity index (χ4v) is 3.68. The molecule has 6 atom stereocenters. The first kappa shape index (κ1) is 22.6. The summed E-state index contributed by atoms with van der Waals surface area (Å²) in [5.74, 6) is -4.65. The summed E-state index contributed by atoms with van der Waals surface area (Å²) in [4.78, 5) is 23.9. The van der Waals surface area contributed by atoms with Crippen LogP contribution >= 0.6 is 0 Å². The van der Waals surface area contributed by atoms with E-state index in [0.717, 1.165) is 6.07 Å². The predicted molar refractivity (Wildman–Crippen MR) is 105 cm³/mol. The van der Waals surface area contributed by atoms with Gasteiger partial charge in [0.05, 0.1) is 6.42 Å². The molecule has 6 unspecified atom stereocenters. The van der Waals surface area contributed by atoms with Crippen molar-refractivity contribution in [1.82, 2.24) is 0 Å². The zero-order valence-corrected chi connectivity index (χ0v) is 16.7. The third kappa shape index (κ3) is 4.00. The van der Waals surface area contributed by atoms with Crippen LogP contribution in [0.4, 0.5) is 0 Å². The number of phenolic OH excluding ortho intramolecular Hbond substituents is 3. The number of phenols is 3. The molecule has 4 rings (SSSR count). The van der Waals surface area contributed by atoms with E-state index < -0.39 is 65.8 Å². The molecule has 2 aliphatic heterocycles. The maximum atomic E-state index is 12.6. The largest absolute Gasteiger partial charge is 0.508 e. The Bertz CT molecular complexity index is 1080. The van der Waals surface area contributed by atoms with Crippen molar-refractivity contribution in [1.29, 1.82) is 0 Å². The Morgan fingerprint density at radius 3 is 2.27 bits per heavy atom. The number of hydrogen-bond donors (Lipinski definition) is 7. The minimum atomic E-state index is -1.95. The number of aliphatic hydroxyl groups excluding tert-OH is 3. The van der Waals surface area contributed by atoms with Crippen molar-refractivity contribution >= 4 is 11.8 Å². The van der Waals surface area contributed by atoms with Gasteiger partial charge in [-0.25, -0.2) is 4.79 Å². The second-order valence-electron chi connectivity index (χ2n) is 7.62. The molecule has 2 aliphatic rings. The molecule has 0 radical (unpaired) electrons. The number of fused-ring (bicyclic) bond motifs is 1. The average molecular weight is 464 g/mol. The van der Waals surface area contributed by atoms with Crippen molar-refractivity contribution in [3.05, 3.63) is 41.5 Å². The monoisotopic (exact) mass is 464 g/mol. The van der Waals surface area contributed by atoms with Crippen LogP contribution in [0.5, 0.6) is 28.7 Å². The van der Waals surface area contributed by atoms with E-state index in [2.05, 4.69) is 0 Å². The SMILES string of the molecule is O=C1CC(c2ccc(O)cc2)Oc2cc(OC3OC(C(=O)O)C(O)C(O)C3O)c(O)c(O)c21. The zero-order valence-electron chi connectivity index (χ0n) is 16.7. The molecule has 0 aromatic heterocycles. The summed E-state index contributed by atoms with van der Waals surface area (Å²) < 4.78 is 16.1.